The number of carbonyl (C=O) groups is 2. The molecule has 3 aromatic heterocycles. The maximum absolute atomic E-state index is 12.1. The van der Waals surface area contributed by atoms with Gasteiger partial charge in [0.15, 0.2) is 52.4 Å². The molecule has 20 heteroatoms. The standard InChI is InChI=1S/C45H45N3O5.C43H41N3O4.C39H35N3O2/c1-2-3-4-5-6-13-18-42(51)53-31-38(49)30-52-39-27-28-40(41(50)29-39)45-47-43(36-23-19-34(20-24-36)32-14-9-7-10-15-32)46-44(48-45)37-25-21-35(22-26-37)33-16-11-8-12-17-33;1-2-3-4-5-12-17-40(48)50-29-28-49-37-26-27-38(39(47)30-37)43-45-41(35-22-18-33(19-23-35)31-13-8-6-9-14-31)44-42(46-43)36-24-20-34(21-25-36)32-15-10-7-11-16-32;1-2-3-4-11-26-44-34-24-25-35(36(43)27-34)39-41-37(32-20-16-30(17-21-32)28-12-7-5-8-13-28)40-38(42-39)33-22-18-31(19-23-33)29-14-9-6-10-15-29/h7-12,14-17,19-29,38,49-50H,2-6,13,18,30-31H2,1H3;6-11,13-16,18-27,30,47H,2-5,12,17,28-29H2,1H3;5-10,12-25,27,43H,2-4,11,26H2,1H3. The number of rotatable bonds is 43. The molecule has 0 radical (unpaired) electrons. The van der Waals surface area contributed by atoms with Crippen molar-refractivity contribution in [3.8, 4) is 204 Å². The molecule has 0 saturated heterocycles. The molecule has 20 nitrogen and oxygen atoms in total. The van der Waals surface area contributed by atoms with E-state index >= 15 is 0 Å². The smallest absolute Gasteiger partial charge is 0.305 e. The Morgan fingerprint density at radius 3 is 0.701 bits per heavy atom. The zero-order valence-corrected chi connectivity index (χ0v) is 83.2. The van der Waals surface area contributed by atoms with Gasteiger partial charge in [-0.25, -0.2) is 44.9 Å². The lowest BCUT2D eigenvalue weighted by Crippen LogP contribution is -2.25. The van der Waals surface area contributed by atoms with Crippen molar-refractivity contribution < 1.29 is 53.7 Å². The first-order chi connectivity index (χ1) is 72.2. The Hall–Kier alpha value is -17.0. The van der Waals surface area contributed by atoms with Gasteiger partial charge in [0.05, 0.1) is 23.3 Å². The zero-order valence-electron chi connectivity index (χ0n) is 83.2. The summed E-state index contributed by atoms with van der Waals surface area (Å²) in [6, 6.07) is 125. The minimum Gasteiger partial charge on any atom is -0.507 e. The van der Waals surface area contributed by atoms with Crippen LogP contribution in [0.4, 0.5) is 0 Å². The highest BCUT2D eigenvalue weighted by Gasteiger charge is 2.23. The first-order valence-corrected chi connectivity index (χ1v) is 50.8. The van der Waals surface area contributed by atoms with Gasteiger partial charge in [-0.1, -0.05) is 425 Å². The molecule has 740 valence electrons. The van der Waals surface area contributed by atoms with Gasteiger partial charge in [-0.2, -0.15) is 0 Å². The van der Waals surface area contributed by atoms with Crippen molar-refractivity contribution in [3.63, 3.8) is 0 Å². The van der Waals surface area contributed by atoms with Gasteiger partial charge in [-0.05, 0) is 122 Å². The summed E-state index contributed by atoms with van der Waals surface area (Å²) in [7, 11) is 0. The fraction of sp³-hybridized carbons (Fsp3) is 0.205. The largest absolute Gasteiger partial charge is 0.507 e. The second-order valence-electron chi connectivity index (χ2n) is 35.9. The number of aromatic hydroxyl groups is 3. The van der Waals surface area contributed by atoms with E-state index in [1.54, 1.807) is 30.3 Å². The van der Waals surface area contributed by atoms with Gasteiger partial charge in [0.1, 0.15) is 67.0 Å². The van der Waals surface area contributed by atoms with Crippen LogP contribution in [0.5, 0.6) is 34.5 Å². The number of nitrogens with zero attached hydrogens (tertiary/aromatic N) is 9. The van der Waals surface area contributed by atoms with E-state index in [9.17, 15) is 30.0 Å². The van der Waals surface area contributed by atoms with Gasteiger partial charge in [0.2, 0.25) is 0 Å². The molecule has 0 saturated carbocycles. The molecule has 1 atom stereocenters. The van der Waals surface area contributed by atoms with Crippen molar-refractivity contribution in [1.82, 2.24) is 44.9 Å². The predicted molar refractivity (Wildman–Crippen MR) is 586 cm³/mol. The Balaban J connectivity index is 0.000000158. The predicted octanol–water partition coefficient (Wildman–Crippen LogP) is 30.0. The molecular weight excluding hydrogens is 1830 g/mol. The molecule has 0 spiro atoms. The molecule has 0 aliphatic rings. The summed E-state index contributed by atoms with van der Waals surface area (Å²) < 4.78 is 28.0. The fourth-order valence-electron chi connectivity index (χ4n) is 16.8. The number of hydrogen-bond acceptors (Lipinski definition) is 20. The topological polar surface area (TPSA) is 277 Å². The highest BCUT2D eigenvalue weighted by atomic mass is 16.6. The Morgan fingerprint density at radius 1 is 0.218 bits per heavy atom. The summed E-state index contributed by atoms with van der Waals surface area (Å²) in [5.41, 5.74) is 19.7. The van der Waals surface area contributed by atoms with Crippen LogP contribution in [0, 0.1) is 0 Å². The molecule has 1 unspecified atom stereocenters. The van der Waals surface area contributed by atoms with Crippen molar-refractivity contribution in [1.29, 1.82) is 0 Å². The molecule has 18 aromatic rings. The first kappa shape index (κ1) is 103. The average Bonchev–Trinajstić information content (AvgIpc) is 0.792. The van der Waals surface area contributed by atoms with Gasteiger partial charge < -0.3 is 44.1 Å². The van der Waals surface area contributed by atoms with E-state index in [1.807, 2.05) is 218 Å². The Morgan fingerprint density at radius 2 is 0.435 bits per heavy atom. The summed E-state index contributed by atoms with van der Waals surface area (Å²) in [5.74, 6) is 4.83. The van der Waals surface area contributed by atoms with E-state index in [0.717, 1.165) is 152 Å². The normalized spacial score (nSPS) is 11.2. The van der Waals surface area contributed by atoms with Crippen molar-refractivity contribution in [2.45, 2.75) is 136 Å². The number of hydrogen-bond donors (Lipinski definition) is 4. The number of phenolic OH excluding ortho intramolecular Hbond substituents is 3. The molecule has 0 aliphatic carbocycles. The number of benzene rings is 15. The van der Waals surface area contributed by atoms with Gasteiger partial charge in [-0.3, -0.25) is 9.59 Å². The second-order valence-corrected chi connectivity index (χ2v) is 35.9. The summed E-state index contributed by atoms with van der Waals surface area (Å²) in [4.78, 5) is 67.6. The molecule has 147 heavy (non-hydrogen) atoms. The van der Waals surface area contributed by atoms with Crippen LogP contribution in [-0.4, -0.2) is 116 Å². The third-order valence-electron chi connectivity index (χ3n) is 25.0. The number of aliphatic hydroxyl groups is 1. The van der Waals surface area contributed by atoms with Crippen LogP contribution in [0.3, 0.4) is 0 Å². The minimum atomic E-state index is -1.01. The number of unbranched alkanes of at least 4 members (excludes halogenated alkanes) is 12. The lowest BCUT2D eigenvalue weighted by Gasteiger charge is -2.14. The number of ether oxygens (including phenoxy) is 5. The van der Waals surface area contributed by atoms with Crippen LogP contribution in [-0.2, 0) is 19.1 Å². The fourth-order valence-corrected chi connectivity index (χ4v) is 16.8. The molecular formula is C127H121N9O11. The Bertz CT molecular complexity index is 6910. The molecule has 18 rings (SSSR count). The van der Waals surface area contributed by atoms with Crippen molar-refractivity contribution in [2.24, 2.45) is 0 Å². The average molecular weight is 1950 g/mol. The van der Waals surface area contributed by atoms with Crippen LogP contribution < -0.4 is 14.2 Å². The third kappa shape index (κ3) is 29.6. The van der Waals surface area contributed by atoms with E-state index in [1.165, 1.54) is 57.1 Å². The molecule has 0 bridgehead atoms. The Kier molecular flexibility index (Phi) is 37.4. The minimum absolute atomic E-state index is 0.0338. The lowest BCUT2D eigenvalue weighted by molar-refractivity contribution is -0.147. The molecule has 4 N–H and O–H groups in total. The lowest BCUT2D eigenvalue weighted by atomic mass is 10.0. The summed E-state index contributed by atoms with van der Waals surface area (Å²) in [6.07, 6.45) is 16.1. The van der Waals surface area contributed by atoms with Crippen molar-refractivity contribution in [2.75, 3.05) is 33.0 Å². The molecule has 0 amide bonds. The van der Waals surface area contributed by atoms with E-state index in [2.05, 4.69) is 142 Å². The summed E-state index contributed by atoms with van der Waals surface area (Å²) >= 11 is 0. The maximum atomic E-state index is 12.1. The van der Waals surface area contributed by atoms with Crippen LogP contribution in [0.2, 0.25) is 0 Å². The van der Waals surface area contributed by atoms with Crippen LogP contribution >= 0.6 is 0 Å². The monoisotopic (exact) mass is 1950 g/mol. The third-order valence-corrected chi connectivity index (χ3v) is 25.0. The molecule has 0 fully saturated rings. The highest BCUT2D eigenvalue weighted by Crippen LogP contribution is 2.40. The number of carbonyl (C=O) groups excluding carboxylic acids is 2. The van der Waals surface area contributed by atoms with Crippen LogP contribution in [0.15, 0.2) is 382 Å². The summed E-state index contributed by atoms with van der Waals surface area (Å²) in [5, 5.41) is 43.7. The van der Waals surface area contributed by atoms with Crippen molar-refractivity contribution >= 4 is 11.9 Å². The van der Waals surface area contributed by atoms with E-state index < -0.39 is 6.10 Å². The number of esters is 2. The number of aliphatic hydroxyl groups excluding tert-OH is 1. The van der Waals surface area contributed by atoms with E-state index in [-0.39, 0.29) is 55.6 Å². The van der Waals surface area contributed by atoms with E-state index in [0.29, 0.717) is 106 Å². The molecule has 15 aromatic carbocycles. The number of phenols is 3. The van der Waals surface area contributed by atoms with Gasteiger partial charge in [0.25, 0.3) is 0 Å². The van der Waals surface area contributed by atoms with Crippen molar-refractivity contribution in [3.05, 3.63) is 382 Å². The SMILES string of the molecule is CCCCCCCC(=O)OCCOc1ccc(-c2nc(-c3ccc(-c4ccccc4)cc3)nc(-c3ccc(-c4ccccc4)cc3)n2)c(O)c1.CCCCCCCCC(=O)OCC(O)COc1ccc(-c2nc(-c3ccc(-c4ccccc4)cc3)nc(-c3ccc(-c4ccccc4)cc3)n2)c(O)c1.CCCCCCOc1ccc(-c2nc(-c3ccc(-c4ccccc4)cc3)nc(-c3ccc(-c4ccccc4)cc3)n2)c(O)c1. The van der Waals surface area contributed by atoms with Gasteiger partial charge in [0, 0.05) is 64.4 Å². The first-order valence-electron chi connectivity index (χ1n) is 50.8. The van der Waals surface area contributed by atoms with Crippen LogP contribution in [0.1, 0.15) is 130 Å². The van der Waals surface area contributed by atoms with E-state index in [4.69, 9.17) is 68.5 Å². The highest BCUT2D eigenvalue weighted by molar-refractivity contribution is 5.80. The van der Waals surface area contributed by atoms with Gasteiger partial charge >= 0.3 is 11.9 Å². The van der Waals surface area contributed by atoms with Crippen LogP contribution in [0.25, 0.3) is 169 Å². The number of aromatic nitrogens is 9. The molecule has 0 aliphatic heterocycles. The van der Waals surface area contributed by atoms with Gasteiger partial charge in [-0.15, -0.1) is 0 Å². The summed E-state index contributed by atoms with van der Waals surface area (Å²) in [6.45, 7) is 7.20. The second kappa shape index (κ2) is 53.4. The quantitative estimate of drug-likeness (QED) is 0.0204. The Labute approximate surface area is 860 Å². The zero-order chi connectivity index (χ0) is 102. The molecule has 3 heterocycles. The maximum Gasteiger partial charge on any atom is 0.305 e.